The van der Waals surface area contributed by atoms with Gasteiger partial charge in [0.15, 0.2) is 0 Å². The van der Waals surface area contributed by atoms with E-state index in [4.69, 9.17) is 4.74 Å². The summed E-state index contributed by atoms with van der Waals surface area (Å²) in [6.07, 6.45) is 9.76. The van der Waals surface area contributed by atoms with Gasteiger partial charge in [0.25, 0.3) is 0 Å². The van der Waals surface area contributed by atoms with Gasteiger partial charge in [0.1, 0.15) is 0 Å². The molecule has 1 fully saturated rings. The van der Waals surface area contributed by atoms with Gasteiger partial charge in [-0.15, -0.1) is 0 Å². The maximum absolute atomic E-state index is 11.9. The number of hydrogen-bond acceptors (Lipinski definition) is 4. The van der Waals surface area contributed by atoms with Gasteiger partial charge in [0.05, 0.1) is 12.5 Å². The minimum atomic E-state index is -1.11. The number of carboxylic acids is 1. The number of aliphatic carboxylic acids is 1. The Labute approximate surface area is 150 Å². The third-order valence-electron chi connectivity index (χ3n) is 4.11. The Morgan fingerprint density at radius 3 is 2.19 bits per heavy atom. The molecule has 1 aliphatic rings. The summed E-state index contributed by atoms with van der Waals surface area (Å²) in [6.45, 7) is 2.60. The molecule has 0 N–H and O–H groups in total. The van der Waals surface area contributed by atoms with Crippen molar-refractivity contribution in [3.05, 3.63) is 0 Å². The predicted molar refractivity (Wildman–Crippen MR) is 74.8 cm³/mol. The number of carboxylic acid groups (broad SMARTS) is 1. The van der Waals surface area contributed by atoms with Gasteiger partial charge in [-0.3, -0.25) is 4.79 Å². The van der Waals surface area contributed by atoms with E-state index in [9.17, 15) is 14.7 Å². The van der Waals surface area contributed by atoms with Crippen LogP contribution in [0.2, 0.25) is 0 Å². The van der Waals surface area contributed by atoms with Crippen molar-refractivity contribution >= 4 is 11.9 Å². The summed E-state index contributed by atoms with van der Waals surface area (Å²) in [4.78, 5) is 23.0. The van der Waals surface area contributed by atoms with Crippen LogP contribution in [0.1, 0.15) is 71.1 Å². The van der Waals surface area contributed by atoms with E-state index in [0.29, 0.717) is 19.4 Å². The molecule has 0 aromatic carbocycles. The summed E-state index contributed by atoms with van der Waals surface area (Å²) in [5.74, 6) is -2.59. The Kier molecular flexibility index (Phi) is 12.4. The summed E-state index contributed by atoms with van der Waals surface area (Å²) in [6, 6.07) is 0. The SMILES string of the molecule is CCCCCCCCOC(=O)C1CCCCC1C(=O)[O-].[Na+]. The molecule has 0 heterocycles. The first kappa shape index (κ1) is 20.9. The number of unbranched alkanes of at least 4 members (excludes halogenated alkanes) is 5. The molecule has 5 heteroatoms. The van der Waals surface area contributed by atoms with E-state index in [0.717, 1.165) is 25.7 Å². The quantitative estimate of drug-likeness (QED) is 0.326. The minimum Gasteiger partial charge on any atom is -0.550 e. The molecule has 0 aliphatic heterocycles. The van der Waals surface area contributed by atoms with Gasteiger partial charge >= 0.3 is 35.5 Å². The average Bonchev–Trinajstić information content (AvgIpc) is 2.46. The van der Waals surface area contributed by atoms with Crippen molar-refractivity contribution in [1.29, 1.82) is 0 Å². The van der Waals surface area contributed by atoms with Gasteiger partial charge in [-0.25, -0.2) is 0 Å². The molecule has 0 spiro atoms. The zero-order valence-electron chi connectivity index (χ0n) is 13.6. The van der Waals surface area contributed by atoms with Crippen LogP contribution >= 0.6 is 0 Å². The van der Waals surface area contributed by atoms with E-state index in [1.165, 1.54) is 25.7 Å². The molecule has 0 saturated heterocycles. The largest absolute Gasteiger partial charge is 1.00 e. The molecule has 1 rings (SSSR count). The second-order valence-electron chi connectivity index (χ2n) is 5.75. The maximum atomic E-state index is 11.9. The number of carbonyl (C=O) groups is 2. The molecule has 21 heavy (non-hydrogen) atoms. The number of esters is 1. The van der Waals surface area contributed by atoms with Gasteiger partial charge in [0.2, 0.25) is 0 Å². The molecular formula is C16H27NaO4. The van der Waals surface area contributed by atoms with Crippen LogP contribution in [0.4, 0.5) is 0 Å². The van der Waals surface area contributed by atoms with Crippen molar-refractivity contribution in [2.24, 2.45) is 11.8 Å². The van der Waals surface area contributed by atoms with E-state index >= 15 is 0 Å². The second-order valence-corrected chi connectivity index (χ2v) is 5.75. The van der Waals surface area contributed by atoms with Crippen molar-refractivity contribution in [2.45, 2.75) is 71.1 Å². The average molecular weight is 306 g/mol. The van der Waals surface area contributed by atoms with Crippen LogP contribution in [-0.2, 0) is 14.3 Å². The summed E-state index contributed by atoms with van der Waals surface area (Å²) in [5.41, 5.74) is 0. The first-order chi connectivity index (χ1) is 9.66. The molecule has 1 saturated carbocycles. The molecule has 116 valence electrons. The van der Waals surface area contributed by atoms with Crippen LogP contribution in [0.25, 0.3) is 0 Å². The minimum absolute atomic E-state index is 0. The van der Waals surface area contributed by atoms with Crippen molar-refractivity contribution in [2.75, 3.05) is 6.61 Å². The third kappa shape index (κ3) is 8.22. The second kappa shape index (κ2) is 12.5. The van der Waals surface area contributed by atoms with Gasteiger partial charge in [-0.05, 0) is 19.3 Å². The first-order valence-corrected chi connectivity index (χ1v) is 8.04. The first-order valence-electron chi connectivity index (χ1n) is 8.04. The van der Waals surface area contributed by atoms with E-state index in [1.807, 2.05) is 0 Å². The van der Waals surface area contributed by atoms with Crippen molar-refractivity contribution in [3.63, 3.8) is 0 Å². The molecule has 0 aromatic heterocycles. The molecule has 0 bridgehead atoms. The van der Waals surface area contributed by atoms with Crippen molar-refractivity contribution in [1.82, 2.24) is 0 Å². The van der Waals surface area contributed by atoms with E-state index in [2.05, 4.69) is 6.92 Å². The van der Waals surface area contributed by atoms with Gasteiger partial charge < -0.3 is 14.6 Å². The third-order valence-corrected chi connectivity index (χ3v) is 4.11. The van der Waals surface area contributed by atoms with Crippen LogP contribution in [0.3, 0.4) is 0 Å². The van der Waals surface area contributed by atoms with E-state index in [-0.39, 0.29) is 35.5 Å². The predicted octanol–water partition coefficient (Wildman–Crippen LogP) is -0.550. The summed E-state index contributed by atoms with van der Waals surface area (Å²) >= 11 is 0. The van der Waals surface area contributed by atoms with Gasteiger partial charge in [-0.1, -0.05) is 51.9 Å². The molecule has 0 aromatic rings. The molecule has 2 unspecified atom stereocenters. The van der Waals surface area contributed by atoms with Crippen LogP contribution in [-0.4, -0.2) is 18.5 Å². The zero-order chi connectivity index (χ0) is 14.8. The molecule has 0 radical (unpaired) electrons. The standard InChI is InChI=1S/C16H28O4.Na/c1-2-3-4-5-6-9-12-20-16(19)14-11-8-7-10-13(14)15(17)18;/h13-14H,2-12H2,1H3,(H,17,18);/q;+1/p-1. The number of carbonyl (C=O) groups excluding carboxylic acids is 2. The van der Waals surface area contributed by atoms with Crippen LogP contribution in [0, 0.1) is 11.8 Å². The van der Waals surface area contributed by atoms with E-state index < -0.39 is 17.8 Å². The Hall–Kier alpha value is -0.0600. The van der Waals surface area contributed by atoms with Crippen molar-refractivity contribution < 1.29 is 49.0 Å². The molecule has 4 nitrogen and oxygen atoms in total. The monoisotopic (exact) mass is 306 g/mol. The smallest absolute Gasteiger partial charge is 0.550 e. The summed E-state index contributed by atoms with van der Waals surface area (Å²) < 4.78 is 5.24. The Morgan fingerprint density at radius 1 is 1.00 bits per heavy atom. The van der Waals surface area contributed by atoms with E-state index in [1.54, 1.807) is 0 Å². The fraction of sp³-hybridized carbons (Fsp3) is 0.875. The Morgan fingerprint density at radius 2 is 1.57 bits per heavy atom. The Bertz CT molecular complexity index is 307. The molecule has 2 atom stereocenters. The van der Waals surface area contributed by atoms with Crippen LogP contribution < -0.4 is 34.7 Å². The fourth-order valence-corrected chi connectivity index (χ4v) is 2.86. The fourth-order valence-electron chi connectivity index (χ4n) is 2.86. The summed E-state index contributed by atoms with van der Waals surface area (Å²) in [5, 5.41) is 11.0. The van der Waals surface area contributed by atoms with Gasteiger partial charge in [-0.2, -0.15) is 0 Å². The number of rotatable bonds is 9. The number of ether oxygens (including phenoxy) is 1. The Balaban J connectivity index is 0.00000400. The normalized spacial score (nSPS) is 21.4. The van der Waals surface area contributed by atoms with Crippen LogP contribution in [0.5, 0.6) is 0 Å². The topological polar surface area (TPSA) is 66.4 Å². The summed E-state index contributed by atoms with van der Waals surface area (Å²) in [7, 11) is 0. The van der Waals surface area contributed by atoms with Crippen molar-refractivity contribution in [3.8, 4) is 0 Å². The van der Waals surface area contributed by atoms with Gasteiger partial charge in [0, 0.05) is 11.9 Å². The molecule has 0 amide bonds. The maximum Gasteiger partial charge on any atom is 1.00 e. The zero-order valence-corrected chi connectivity index (χ0v) is 15.6. The molecule has 1 aliphatic carbocycles. The number of hydrogen-bond donors (Lipinski definition) is 0. The van der Waals surface area contributed by atoms with Crippen LogP contribution in [0.15, 0.2) is 0 Å². The molecular weight excluding hydrogens is 279 g/mol.